The molecule has 0 saturated carbocycles. The maximum atomic E-state index is 5.65. The third kappa shape index (κ3) is 6.21. The Hall–Kier alpha value is -2.57. The molecular formula is C24H34N4O2. The van der Waals surface area contributed by atoms with E-state index in [0.717, 1.165) is 56.6 Å². The van der Waals surface area contributed by atoms with Crippen molar-refractivity contribution in [1.82, 2.24) is 15.1 Å². The number of nitrogens with one attached hydrogen (secondary N) is 1. The van der Waals surface area contributed by atoms with Crippen LogP contribution in [0.15, 0.2) is 53.5 Å². The van der Waals surface area contributed by atoms with E-state index in [-0.39, 0.29) is 0 Å². The van der Waals surface area contributed by atoms with Crippen molar-refractivity contribution in [2.24, 2.45) is 4.99 Å². The summed E-state index contributed by atoms with van der Waals surface area (Å²) in [6.45, 7) is 7.35. The van der Waals surface area contributed by atoms with Gasteiger partial charge in [0, 0.05) is 52.4 Å². The predicted octanol–water partition coefficient (Wildman–Crippen LogP) is 3.12. The van der Waals surface area contributed by atoms with Crippen molar-refractivity contribution in [3.05, 3.63) is 65.2 Å². The van der Waals surface area contributed by atoms with E-state index in [0.29, 0.717) is 6.10 Å². The number of benzene rings is 2. The fraction of sp³-hybridized carbons (Fsp3) is 0.458. The van der Waals surface area contributed by atoms with Gasteiger partial charge in [0.1, 0.15) is 5.75 Å². The molecule has 6 heteroatoms. The fourth-order valence-electron chi connectivity index (χ4n) is 3.86. The SMILES string of the molecule is CN=C(NCc1cccc(CN2CCOC(C)C2)c1)N(C)Cc1ccccc1OC. The number of aliphatic imine (C=N–C) groups is 1. The average molecular weight is 411 g/mol. The molecule has 0 amide bonds. The maximum absolute atomic E-state index is 5.65. The number of morpholine rings is 1. The second-order valence-electron chi connectivity index (χ2n) is 7.81. The monoisotopic (exact) mass is 410 g/mol. The number of methoxy groups -OCH3 is 1. The molecule has 2 aromatic carbocycles. The first-order valence-electron chi connectivity index (χ1n) is 10.5. The Morgan fingerprint density at radius 1 is 1.23 bits per heavy atom. The van der Waals surface area contributed by atoms with Crippen molar-refractivity contribution in [1.29, 1.82) is 0 Å². The Morgan fingerprint density at radius 2 is 2.03 bits per heavy atom. The van der Waals surface area contributed by atoms with Crippen molar-refractivity contribution in [3.63, 3.8) is 0 Å². The van der Waals surface area contributed by atoms with E-state index >= 15 is 0 Å². The van der Waals surface area contributed by atoms with Gasteiger partial charge in [-0.25, -0.2) is 0 Å². The van der Waals surface area contributed by atoms with Gasteiger partial charge in [-0.1, -0.05) is 42.5 Å². The third-order valence-electron chi connectivity index (χ3n) is 5.35. The highest BCUT2D eigenvalue weighted by molar-refractivity contribution is 5.79. The van der Waals surface area contributed by atoms with Gasteiger partial charge >= 0.3 is 0 Å². The first-order chi connectivity index (χ1) is 14.6. The molecule has 30 heavy (non-hydrogen) atoms. The van der Waals surface area contributed by atoms with E-state index in [4.69, 9.17) is 9.47 Å². The van der Waals surface area contributed by atoms with Gasteiger partial charge in [-0.15, -0.1) is 0 Å². The van der Waals surface area contributed by atoms with Gasteiger partial charge in [0.05, 0.1) is 19.8 Å². The quantitative estimate of drug-likeness (QED) is 0.561. The summed E-state index contributed by atoms with van der Waals surface area (Å²) in [5, 5.41) is 3.48. The number of para-hydroxylation sites is 1. The van der Waals surface area contributed by atoms with E-state index in [1.165, 1.54) is 11.1 Å². The van der Waals surface area contributed by atoms with Gasteiger partial charge in [-0.2, -0.15) is 0 Å². The number of ether oxygens (including phenoxy) is 2. The van der Waals surface area contributed by atoms with Crippen molar-refractivity contribution in [2.45, 2.75) is 32.7 Å². The average Bonchev–Trinajstić information content (AvgIpc) is 2.75. The molecule has 1 saturated heterocycles. The predicted molar refractivity (Wildman–Crippen MR) is 122 cm³/mol. The molecule has 1 unspecified atom stereocenters. The van der Waals surface area contributed by atoms with Crippen LogP contribution < -0.4 is 10.1 Å². The maximum Gasteiger partial charge on any atom is 0.193 e. The molecule has 1 fully saturated rings. The number of hydrogen-bond donors (Lipinski definition) is 1. The lowest BCUT2D eigenvalue weighted by atomic mass is 10.1. The van der Waals surface area contributed by atoms with Crippen LogP contribution in [0.1, 0.15) is 23.6 Å². The Morgan fingerprint density at radius 3 is 2.80 bits per heavy atom. The van der Waals surface area contributed by atoms with Crippen LogP contribution in [0.3, 0.4) is 0 Å². The molecule has 0 aliphatic carbocycles. The molecule has 0 aromatic heterocycles. The normalized spacial score (nSPS) is 17.6. The lowest BCUT2D eigenvalue weighted by Gasteiger charge is -2.31. The summed E-state index contributed by atoms with van der Waals surface area (Å²) in [7, 11) is 5.56. The highest BCUT2D eigenvalue weighted by Crippen LogP contribution is 2.19. The topological polar surface area (TPSA) is 49.3 Å². The number of nitrogens with zero attached hydrogens (tertiary/aromatic N) is 3. The molecule has 3 rings (SSSR count). The molecule has 6 nitrogen and oxygen atoms in total. The molecule has 1 aliphatic heterocycles. The minimum absolute atomic E-state index is 0.311. The smallest absolute Gasteiger partial charge is 0.193 e. The number of hydrogen-bond acceptors (Lipinski definition) is 4. The van der Waals surface area contributed by atoms with E-state index in [9.17, 15) is 0 Å². The standard InChI is InChI=1S/C24H34N4O2/c1-19-16-28(12-13-30-19)17-21-9-7-8-20(14-21)15-26-24(25-2)27(3)18-22-10-5-6-11-23(22)29-4/h5-11,14,19H,12-13,15-18H2,1-4H3,(H,25,26). The summed E-state index contributed by atoms with van der Waals surface area (Å²) in [5.74, 6) is 1.75. The zero-order chi connectivity index (χ0) is 21.3. The van der Waals surface area contributed by atoms with Crippen LogP contribution in [-0.2, 0) is 24.4 Å². The molecule has 0 spiro atoms. The first-order valence-corrected chi connectivity index (χ1v) is 10.5. The molecule has 162 valence electrons. The van der Waals surface area contributed by atoms with E-state index in [1.807, 2.05) is 32.3 Å². The number of rotatable bonds is 7. The Bertz CT molecular complexity index is 839. The molecular weight excluding hydrogens is 376 g/mol. The molecule has 1 N–H and O–H groups in total. The van der Waals surface area contributed by atoms with E-state index < -0.39 is 0 Å². The molecule has 1 aliphatic rings. The first kappa shape index (κ1) is 22.1. The highest BCUT2D eigenvalue weighted by atomic mass is 16.5. The molecule has 0 bridgehead atoms. The van der Waals surface area contributed by atoms with Crippen molar-refractivity contribution < 1.29 is 9.47 Å². The van der Waals surface area contributed by atoms with Gasteiger partial charge in [-0.3, -0.25) is 9.89 Å². The van der Waals surface area contributed by atoms with Gasteiger partial charge in [0.15, 0.2) is 5.96 Å². The third-order valence-corrected chi connectivity index (χ3v) is 5.35. The lowest BCUT2D eigenvalue weighted by molar-refractivity contribution is -0.0212. The lowest BCUT2D eigenvalue weighted by Crippen LogP contribution is -2.40. The summed E-state index contributed by atoms with van der Waals surface area (Å²) in [5.41, 5.74) is 3.72. The van der Waals surface area contributed by atoms with Gasteiger partial charge in [0.25, 0.3) is 0 Å². The number of guanidine groups is 1. The second kappa shape index (κ2) is 11.0. The Kier molecular flexibility index (Phi) is 8.11. The van der Waals surface area contributed by atoms with E-state index in [1.54, 1.807) is 7.11 Å². The molecule has 2 aromatic rings. The van der Waals surface area contributed by atoms with Crippen LogP contribution >= 0.6 is 0 Å². The zero-order valence-electron chi connectivity index (χ0n) is 18.6. The van der Waals surface area contributed by atoms with Crippen LogP contribution in [0.25, 0.3) is 0 Å². The van der Waals surface area contributed by atoms with Crippen molar-refractivity contribution >= 4 is 5.96 Å². The van der Waals surface area contributed by atoms with Crippen molar-refractivity contribution in [2.75, 3.05) is 40.9 Å². The van der Waals surface area contributed by atoms with Gasteiger partial charge in [-0.05, 0) is 24.1 Å². The Labute approximate surface area is 180 Å². The molecule has 0 radical (unpaired) electrons. The minimum atomic E-state index is 0.311. The minimum Gasteiger partial charge on any atom is -0.496 e. The van der Waals surface area contributed by atoms with E-state index in [2.05, 4.69) is 57.4 Å². The van der Waals surface area contributed by atoms with Crippen LogP contribution in [0.5, 0.6) is 5.75 Å². The van der Waals surface area contributed by atoms with Crippen molar-refractivity contribution in [3.8, 4) is 5.75 Å². The molecule has 1 heterocycles. The summed E-state index contributed by atoms with van der Waals surface area (Å²) in [4.78, 5) is 9.01. The van der Waals surface area contributed by atoms with Crippen LogP contribution in [0, 0.1) is 0 Å². The van der Waals surface area contributed by atoms with Crippen LogP contribution in [0.4, 0.5) is 0 Å². The van der Waals surface area contributed by atoms with Crippen LogP contribution in [0.2, 0.25) is 0 Å². The fourth-order valence-corrected chi connectivity index (χ4v) is 3.86. The summed E-state index contributed by atoms with van der Waals surface area (Å²) < 4.78 is 11.1. The van der Waals surface area contributed by atoms with Crippen LogP contribution in [-0.4, -0.2) is 62.8 Å². The second-order valence-corrected chi connectivity index (χ2v) is 7.81. The van der Waals surface area contributed by atoms with Gasteiger partial charge in [0.2, 0.25) is 0 Å². The zero-order valence-corrected chi connectivity index (χ0v) is 18.6. The summed E-state index contributed by atoms with van der Waals surface area (Å²) in [6.07, 6.45) is 0.311. The molecule has 1 atom stereocenters. The summed E-state index contributed by atoms with van der Waals surface area (Å²) >= 11 is 0. The summed E-state index contributed by atoms with van der Waals surface area (Å²) in [6, 6.07) is 16.9. The largest absolute Gasteiger partial charge is 0.496 e. The van der Waals surface area contributed by atoms with Gasteiger partial charge < -0.3 is 19.7 Å². The Balaban J connectivity index is 1.56. The highest BCUT2D eigenvalue weighted by Gasteiger charge is 2.16.